The summed E-state index contributed by atoms with van der Waals surface area (Å²) in [6.07, 6.45) is 0.0380. The molecule has 140 valence electrons. The third-order valence-corrected chi connectivity index (χ3v) is 5.77. The van der Waals surface area contributed by atoms with Crippen molar-refractivity contribution in [1.29, 1.82) is 0 Å². The number of anilines is 1. The van der Waals surface area contributed by atoms with Gasteiger partial charge in [0.15, 0.2) is 6.23 Å². The monoisotopic (exact) mass is 375 g/mol. The fraction of sp³-hybridized carbons (Fsp3) is 0.714. The number of nitrogens with two attached hydrogens (primary N) is 1. The van der Waals surface area contributed by atoms with Crippen molar-refractivity contribution in [1.82, 2.24) is 9.55 Å². The van der Waals surface area contributed by atoms with Crippen LogP contribution in [0.2, 0.25) is 0 Å². The number of rotatable bonds is 5. The molecule has 11 heteroatoms. The summed E-state index contributed by atoms with van der Waals surface area (Å²) in [5, 5.41) is 0. The average molecular weight is 375 g/mol. The standard InChI is InChI=1S/C14H22N3O7P/c1-4-14-5-6-22-9(10(14)24-25(19,20)21-3)12(23-14)17-7-8(2)11(15)16-13(17)18/h7,9-10,12H,4-6H2,1-3H3,(H,19,20)(H2,15,16,18)/t9?,10-,12-,14+/m1/s1. The summed E-state index contributed by atoms with van der Waals surface area (Å²) < 4.78 is 35.0. The lowest BCUT2D eigenvalue weighted by Crippen LogP contribution is -2.49. The van der Waals surface area contributed by atoms with Crippen LogP contribution >= 0.6 is 7.82 Å². The maximum Gasteiger partial charge on any atom is 0.472 e. The lowest BCUT2D eigenvalue weighted by molar-refractivity contribution is -0.120. The number of hydrogen-bond acceptors (Lipinski definition) is 8. The molecule has 2 aliphatic heterocycles. The first-order valence-electron chi connectivity index (χ1n) is 7.94. The van der Waals surface area contributed by atoms with Crippen LogP contribution < -0.4 is 11.4 Å². The van der Waals surface area contributed by atoms with Crippen LogP contribution in [0, 0.1) is 6.92 Å². The first-order valence-corrected chi connectivity index (χ1v) is 9.44. The Kier molecular flexibility index (Phi) is 4.78. The summed E-state index contributed by atoms with van der Waals surface area (Å²) in [7, 11) is -3.18. The summed E-state index contributed by atoms with van der Waals surface area (Å²) >= 11 is 0. The molecule has 1 aromatic rings. The average Bonchev–Trinajstić information content (AvgIpc) is 2.73. The maximum absolute atomic E-state index is 12.3. The molecule has 2 aliphatic rings. The zero-order valence-electron chi connectivity index (χ0n) is 14.2. The molecule has 25 heavy (non-hydrogen) atoms. The van der Waals surface area contributed by atoms with E-state index in [1.165, 1.54) is 10.8 Å². The molecule has 0 radical (unpaired) electrons. The summed E-state index contributed by atoms with van der Waals surface area (Å²) in [6, 6.07) is 0. The molecule has 0 amide bonds. The number of phosphoric ester groups is 1. The second-order valence-electron chi connectivity index (χ2n) is 6.19. The van der Waals surface area contributed by atoms with Gasteiger partial charge in [0, 0.05) is 25.3 Å². The fourth-order valence-electron chi connectivity index (χ4n) is 3.34. The molecule has 2 bridgehead atoms. The molecule has 5 atom stereocenters. The lowest BCUT2D eigenvalue weighted by Gasteiger charge is -2.37. The van der Waals surface area contributed by atoms with E-state index in [1.54, 1.807) is 6.92 Å². The van der Waals surface area contributed by atoms with Gasteiger partial charge >= 0.3 is 13.5 Å². The molecular weight excluding hydrogens is 353 g/mol. The molecule has 0 spiro atoms. The van der Waals surface area contributed by atoms with Crippen LogP contribution in [0.15, 0.2) is 11.0 Å². The van der Waals surface area contributed by atoms with Crippen molar-refractivity contribution in [3.05, 3.63) is 22.2 Å². The highest BCUT2D eigenvalue weighted by atomic mass is 31.2. The van der Waals surface area contributed by atoms with Gasteiger partial charge in [0.25, 0.3) is 0 Å². The molecule has 3 heterocycles. The van der Waals surface area contributed by atoms with Crippen LogP contribution in [-0.2, 0) is 23.1 Å². The van der Waals surface area contributed by atoms with Gasteiger partial charge in [0.2, 0.25) is 0 Å². The van der Waals surface area contributed by atoms with E-state index in [4.69, 9.17) is 19.7 Å². The van der Waals surface area contributed by atoms with E-state index >= 15 is 0 Å². The highest BCUT2D eigenvalue weighted by Crippen LogP contribution is 2.54. The van der Waals surface area contributed by atoms with Gasteiger partial charge in [0.1, 0.15) is 23.6 Å². The van der Waals surface area contributed by atoms with Crippen molar-refractivity contribution < 1.29 is 28.0 Å². The lowest BCUT2D eigenvalue weighted by atomic mass is 9.87. The molecule has 3 rings (SSSR count). The number of nitrogen functional groups attached to an aromatic ring is 1. The Balaban J connectivity index is 2.02. The Bertz CT molecular complexity index is 769. The summed E-state index contributed by atoms with van der Waals surface area (Å²) in [6.45, 7) is 3.98. The summed E-state index contributed by atoms with van der Waals surface area (Å²) in [5.74, 6) is 0.139. The Morgan fingerprint density at radius 3 is 2.96 bits per heavy atom. The minimum Gasteiger partial charge on any atom is -0.383 e. The molecular formula is C14H22N3O7P. The molecule has 2 saturated heterocycles. The molecule has 3 N–H and O–H groups in total. The molecule has 2 fully saturated rings. The van der Waals surface area contributed by atoms with E-state index in [9.17, 15) is 14.3 Å². The Hall–Kier alpha value is -1.29. The second-order valence-corrected chi connectivity index (χ2v) is 7.70. The number of aryl methyl sites for hydroxylation is 1. The Labute approximate surface area is 144 Å². The molecule has 0 aromatic carbocycles. The van der Waals surface area contributed by atoms with Crippen LogP contribution in [0.4, 0.5) is 5.82 Å². The van der Waals surface area contributed by atoms with Crippen molar-refractivity contribution in [2.45, 2.75) is 50.7 Å². The van der Waals surface area contributed by atoms with E-state index in [-0.39, 0.29) is 5.82 Å². The normalized spacial score (nSPS) is 34.0. The van der Waals surface area contributed by atoms with Gasteiger partial charge in [-0.05, 0) is 13.3 Å². The van der Waals surface area contributed by atoms with Gasteiger partial charge < -0.3 is 20.1 Å². The smallest absolute Gasteiger partial charge is 0.383 e. The molecule has 10 nitrogen and oxygen atoms in total. The van der Waals surface area contributed by atoms with Gasteiger partial charge in [-0.3, -0.25) is 13.6 Å². The number of hydrogen-bond donors (Lipinski definition) is 2. The zero-order valence-corrected chi connectivity index (χ0v) is 15.1. The van der Waals surface area contributed by atoms with Crippen molar-refractivity contribution in [2.75, 3.05) is 19.5 Å². The van der Waals surface area contributed by atoms with Gasteiger partial charge in [-0.15, -0.1) is 0 Å². The summed E-state index contributed by atoms with van der Waals surface area (Å²) in [4.78, 5) is 25.8. The topological polar surface area (TPSA) is 135 Å². The minimum absolute atomic E-state index is 0.139. The summed E-state index contributed by atoms with van der Waals surface area (Å²) in [5.41, 5.74) is 4.83. The minimum atomic E-state index is -4.26. The van der Waals surface area contributed by atoms with E-state index in [0.29, 0.717) is 25.0 Å². The van der Waals surface area contributed by atoms with E-state index < -0.39 is 37.5 Å². The first kappa shape index (κ1) is 18.5. The number of nitrogens with zero attached hydrogens (tertiary/aromatic N) is 2. The Morgan fingerprint density at radius 1 is 1.60 bits per heavy atom. The van der Waals surface area contributed by atoms with Crippen LogP contribution in [0.5, 0.6) is 0 Å². The fourth-order valence-corrected chi connectivity index (χ4v) is 4.03. The van der Waals surface area contributed by atoms with Gasteiger partial charge in [-0.2, -0.15) is 4.98 Å². The van der Waals surface area contributed by atoms with Crippen LogP contribution in [0.3, 0.4) is 0 Å². The largest absolute Gasteiger partial charge is 0.472 e. The van der Waals surface area contributed by atoms with E-state index in [2.05, 4.69) is 9.51 Å². The van der Waals surface area contributed by atoms with E-state index in [0.717, 1.165) is 7.11 Å². The highest BCUT2D eigenvalue weighted by Gasteiger charge is 2.60. The predicted molar refractivity (Wildman–Crippen MR) is 86.9 cm³/mol. The predicted octanol–water partition coefficient (Wildman–Crippen LogP) is 0.732. The number of phosphoric acid groups is 1. The van der Waals surface area contributed by atoms with Crippen LogP contribution in [0.25, 0.3) is 0 Å². The van der Waals surface area contributed by atoms with Gasteiger partial charge in [-0.25, -0.2) is 9.36 Å². The van der Waals surface area contributed by atoms with Crippen LogP contribution in [0.1, 0.15) is 31.6 Å². The third-order valence-electron chi connectivity index (χ3n) is 4.81. The quantitative estimate of drug-likeness (QED) is 0.714. The van der Waals surface area contributed by atoms with Crippen molar-refractivity contribution in [2.24, 2.45) is 0 Å². The second kappa shape index (κ2) is 6.46. The SMILES string of the molecule is CC[C@@]12CCOC([C@H](n3cc(C)c(N)nc3=O)O1)[C@H]2OP(=O)(O)OC. The number of ether oxygens (including phenoxy) is 2. The molecule has 1 aromatic heterocycles. The first-order chi connectivity index (χ1) is 11.7. The van der Waals surface area contributed by atoms with Crippen molar-refractivity contribution in [3.8, 4) is 0 Å². The van der Waals surface area contributed by atoms with Gasteiger partial charge in [-0.1, -0.05) is 6.92 Å². The maximum atomic E-state index is 12.3. The van der Waals surface area contributed by atoms with E-state index in [1.807, 2.05) is 6.92 Å². The number of aromatic nitrogens is 2. The zero-order chi connectivity index (χ0) is 18.4. The Morgan fingerprint density at radius 2 is 2.32 bits per heavy atom. The highest BCUT2D eigenvalue weighted by molar-refractivity contribution is 7.47. The van der Waals surface area contributed by atoms with Crippen molar-refractivity contribution in [3.63, 3.8) is 0 Å². The molecule has 0 saturated carbocycles. The molecule has 0 aliphatic carbocycles. The van der Waals surface area contributed by atoms with Gasteiger partial charge in [0.05, 0.1) is 6.61 Å². The molecule has 2 unspecified atom stereocenters. The number of fused-ring (bicyclic) bond motifs is 2. The van der Waals surface area contributed by atoms with Crippen molar-refractivity contribution >= 4 is 13.6 Å². The third kappa shape index (κ3) is 3.14. The van der Waals surface area contributed by atoms with Crippen LogP contribution in [-0.4, -0.2) is 46.0 Å².